The molecule has 0 aliphatic carbocycles. The van der Waals surface area contributed by atoms with Crippen LogP contribution in [-0.4, -0.2) is 25.0 Å². The van der Waals surface area contributed by atoms with E-state index in [0.717, 1.165) is 18.1 Å². The molecule has 4 nitrogen and oxygen atoms in total. The molecule has 0 fully saturated rings. The fourth-order valence-corrected chi connectivity index (χ4v) is 3.30. The highest BCUT2D eigenvalue weighted by atomic mass is 32.1. The van der Waals surface area contributed by atoms with E-state index in [0.29, 0.717) is 16.3 Å². The first-order valence-electron chi connectivity index (χ1n) is 7.21. The molecule has 0 aliphatic heterocycles. The Morgan fingerprint density at radius 2 is 1.80 bits per heavy atom. The molecular weight excluding hydrogens is 272 g/mol. The molecule has 0 radical (unpaired) electrons. The summed E-state index contributed by atoms with van der Waals surface area (Å²) in [5.41, 5.74) is 6.67. The summed E-state index contributed by atoms with van der Waals surface area (Å²) in [5.74, 6) is 0.685. The molecule has 5 heteroatoms. The average Bonchev–Trinajstić information content (AvgIpc) is 2.68. The molecule has 0 bridgehead atoms. The van der Waals surface area contributed by atoms with E-state index < -0.39 is 0 Å². The summed E-state index contributed by atoms with van der Waals surface area (Å²) in [6, 6.07) is 0. The van der Waals surface area contributed by atoms with Gasteiger partial charge in [-0.2, -0.15) is 0 Å². The predicted molar refractivity (Wildman–Crippen MR) is 87.2 cm³/mol. The van der Waals surface area contributed by atoms with E-state index in [1.54, 1.807) is 0 Å². The molecule has 1 aromatic heterocycles. The second-order valence-electron chi connectivity index (χ2n) is 5.34. The van der Waals surface area contributed by atoms with Crippen molar-refractivity contribution in [3.63, 3.8) is 0 Å². The van der Waals surface area contributed by atoms with E-state index in [-0.39, 0.29) is 17.8 Å². The minimum Gasteiger partial charge on any atom is -0.486 e. The normalized spacial score (nSPS) is 11.2. The second-order valence-corrected chi connectivity index (χ2v) is 6.34. The standard InChI is InChI=1S/C15H26N2O2S/c1-7-17(8-2)15-13(19-10(5)6)11(16)14(20-15)12(18)9(3)4/h9-10H,7-8,16H2,1-6H3. The van der Waals surface area contributed by atoms with Crippen LogP contribution < -0.4 is 15.4 Å². The number of thiophene rings is 1. The van der Waals surface area contributed by atoms with Gasteiger partial charge in [-0.15, -0.1) is 11.3 Å². The number of rotatable bonds is 7. The van der Waals surface area contributed by atoms with Crippen LogP contribution in [0.5, 0.6) is 5.75 Å². The van der Waals surface area contributed by atoms with Crippen LogP contribution in [0.15, 0.2) is 0 Å². The number of ketones is 1. The molecule has 1 aromatic rings. The van der Waals surface area contributed by atoms with Gasteiger partial charge in [-0.3, -0.25) is 4.79 Å². The number of carbonyl (C=O) groups is 1. The van der Waals surface area contributed by atoms with Crippen LogP contribution in [0.4, 0.5) is 10.7 Å². The molecule has 1 rings (SSSR count). The van der Waals surface area contributed by atoms with Crippen LogP contribution in [0.1, 0.15) is 51.2 Å². The Balaban J connectivity index is 3.34. The maximum Gasteiger partial charge on any atom is 0.177 e. The predicted octanol–water partition coefficient (Wildman–Crippen LogP) is 3.80. The van der Waals surface area contributed by atoms with Crippen LogP contribution >= 0.6 is 11.3 Å². The summed E-state index contributed by atoms with van der Waals surface area (Å²) in [5, 5.41) is 0.963. The molecule has 0 aromatic carbocycles. The Labute approximate surface area is 125 Å². The first kappa shape index (κ1) is 16.8. The Morgan fingerprint density at radius 3 is 2.20 bits per heavy atom. The van der Waals surface area contributed by atoms with Crippen molar-refractivity contribution < 1.29 is 9.53 Å². The quantitative estimate of drug-likeness (QED) is 0.778. The third-order valence-electron chi connectivity index (χ3n) is 3.03. The third kappa shape index (κ3) is 3.45. The molecule has 0 amide bonds. The zero-order valence-corrected chi connectivity index (χ0v) is 14.1. The van der Waals surface area contributed by atoms with Crippen molar-refractivity contribution in [2.75, 3.05) is 23.7 Å². The van der Waals surface area contributed by atoms with E-state index in [9.17, 15) is 4.79 Å². The minimum atomic E-state index is -0.0626. The van der Waals surface area contributed by atoms with Gasteiger partial charge in [0, 0.05) is 19.0 Å². The Morgan fingerprint density at radius 1 is 1.25 bits per heavy atom. The maximum atomic E-state index is 12.3. The number of nitrogens with two attached hydrogens (primary N) is 1. The summed E-state index contributed by atoms with van der Waals surface area (Å²) in [6.45, 7) is 13.6. The van der Waals surface area contributed by atoms with Crippen molar-refractivity contribution in [1.29, 1.82) is 0 Å². The van der Waals surface area contributed by atoms with Crippen LogP contribution in [0.25, 0.3) is 0 Å². The Bertz CT molecular complexity index is 463. The molecule has 0 aliphatic rings. The van der Waals surface area contributed by atoms with E-state index in [1.165, 1.54) is 11.3 Å². The van der Waals surface area contributed by atoms with Crippen molar-refractivity contribution in [1.82, 2.24) is 0 Å². The lowest BCUT2D eigenvalue weighted by molar-refractivity contribution is 0.0944. The molecule has 2 N–H and O–H groups in total. The maximum absolute atomic E-state index is 12.3. The van der Waals surface area contributed by atoms with E-state index >= 15 is 0 Å². The van der Waals surface area contributed by atoms with Crippen LogP contribution in [-0.2, 0) is 0 Å². The third-order valence-corrected chi connectivity index (χ3v) is 4.30. The van der Waals surface area contributed by atoms with Crippen LogP contribution in [0.3, 0.4) is 0 Å². The van der Waals surface area contributed by atoms with Gasteiger partial charge in [-0.1, -0.05) is 13.8 Å². The lowest BCUT2D eigenvalue weighted by atomic mass is 10.1. The Hall–Kier alpha value is -1.23. The van der Waals surface area contributed by atoms with Gasteiger partial charge >= 0.3 is 0 Å². The topological polar surface area (TPSA) is 55.6 Å². The lowest BCUT2D eigenvalue weighted by Gasteiger charge is -2.21. The minimum absolute atomic E-state index is 0.0308. The van der Waals surface area contributed by atoms with E-state index in [4.69, 9.17) is 10.5 Å². The molecule has 1 heterocycles. The fourth-order valence-electron chi connectivity index (χ4n) is 1.93. The van der Waals surface area contributed by atoms with E-state index in [2.05, 4.69) is 18.7 Å². The number of nitrogen functional groups attached to an aromatic ring is 1. The number of hydrogen-bond donors (Lipinski definition) is 1. The molecular formula is C15H26N2O2S. The number of Topliss-reactive ketones (excluding diaryl/α,β-unsaturated/α-hetero) is 1. The molecule has 0 unspecified atom stereocenters. The average molecular weight is 298 g/mol. The summed E-state index contributed by atoms with van der Waals surface area (Å²) in [7, 11) is 0. The van der Waals surface area contributed by atoms with E-state index in [1.807, 2.05) is 27.7 Å². The summed E-state index contributed by atoms with van der Waals surface area (Å²) in [4.78, 5) is 15.1. The van der Waals surface area contributed by atoms with Crippen molar-refractivity contribution in [3.8, 4) is 5.75 Å². The summed E-state index contributed by atoms with van der Waals surface area (Å²) < 4.78 is 5.86. The monoisotopic (exact) mass is 298 g/mol. The summed E-state index contributed by atoms with van der Waals surface area (Å²) in [6.07, 6.45) is 0.0308. The van der Waals surface area contributed by atoms with Gasteiger partial charge in [0.15, 0.2) is 11.5 Å². The SMILES string of the molecule is CCN(CC)c1sc(C(=O)C(C)C)c(N)c1OC(C)C. The number of carbonyl (C=O) groups excluding carboxylic acids is 1. The molecule has 0 spiro atoms. The zero-order valence-electron chi connectivity index (χ0n) is 13.3. The number of nitrogens with zero attached hydrogens (tertiary/aromatic N) is 1. The van der Waals surface area contributed by atoms with Gasteiger partial charge in [0.25, 0.3) is 0 Å². The largest absolute Gasteiger partial charge is 0.486 e. The van der Waals surface area contributed by atoms with Gasteiger partial charge in [0.05, 0.1) is 16.7 Å². The molecule has 114 valence electrons. The number of hydrogen-bond acceptors (Lipinski definition) is 5. The number of anilines is 2. The van der Waals surface area contributed by atoms with Gasteiger partial charge < -0.3 is 15.4 Å². The van der Waals surface area contributed by atoms with Crippen LogP contribution in [0, 0.1) is 5.92 Å². The molecule has 0 atom stereocenters. The highest BCUT2D eigenvalue weighted by Crippen LogP contribution is 2.46. The molecule has 20 heavy (non-hydrogen) atoms. The highest BCUT2D eigenvalue weighted by molar-refractivity contribution is 7.19. The van der Waals surface area contributed by atoms with Gasteiger partial charge in [-0.25, -0.2) is 0 Å². The van der Waals surface area contributed by atoms with Gasteiger partial charge in [-0.05, 0) is 27.7 Å². The Kier molecular flexibility index (Phi) is 5.87. The number of ether oxygens (including phenoxy) is 1. The lowest BCUT2D eigenvalue weighted by Crippen LogP contribution is -2.22. The highest BCUT2D eigenvalue weighted by Gasteiger charge is 2.26. The van der Waals surface area contributed by atoms with Gasteiger partial charge in [0.2, 0.25) is 0 Å². The molecule has 0 saturated carbocycles. The van der Waals surface area contributed by atoms with Crippen molar-refractivity contribution in [2.24, 2.45) is 5.92 Å². The summed E-state index contributed by atoms with van der Waals surface area (Å²) >= 11 is 1.45. The smallest absolute Gasteiger partial charge is 0.177 e. The van der Waals surface area contributed by atoms with Crippen molar-refractivity contribution in [2.45, 2.75) is 47.6 Å². The zero-order chi connectivity index (χ0) is 15.4. The fraction of sp³-hybridized carbons (Fsp3) is 0.667. The van der Waals surface area contributed by atoms with Crippen LogP contribution in [0.2, 0.25) is 0 Å². The second kappa shape index (κ2) is 6.97. The first-order valence-corrected chi connectivity index (χ1v) is 8.03. The van der Waals surface area contributed by atoms with Crippen molar-refractivity contribution >= 4 is 27.8 Å². The first-order chi connectivity index (χ1) is 9.33. The molecule has 0 saturated heterocycles. The van der Waals surface area contributed by atoms with Gasteiger partial charge in [0.1, 0.15) is 5.00 Å². The van der Waals surface area contributed by atoms with Crippen molar-refractivity contribution in [3.05, 3.63) is 4.88 Å².